The summed E-state index contributed by atoms with van der Waals surface area (Å²) in [6.07, 6.45) is 0. The van der Waals surface area contributed by atoms with Gasteiger partial charge in [0.25, 0.3) is 5.97 Å². The third-order valence-electron chi connectivity index (χ3n) is 3.17. The summed E-state index contributed by atoms with van der Waals surface area (Å²) in [6.45, 7) is 9.08. The first kappa shape index (κ1) is 20.9. The molecule has 0 aliphatic heterocycles. The summed E-state index contributed by atoms with van der Waals surface area (Å²) in [5.74, 6) is -0.833. The molecular weight excluding hydrogens is 330 g/mol. The predicted octanol–water partition coefficient (Wildman–Crippen LogP) is 4.47. The molecule has 0 atom stereocenters. The van der Waals surface area contributed by atoms with E-state index in [9.17, 15) is 4.79 Å². The lowest BCUT2D eigenvalue weighted by molar-refractivity contribution is -0.134. The number of carboxylic acids is 1. The molecular formula is C20H25N3O3. The molecule has 0 aliphatic carbocycles. The van der Waals surface area contributed by atoms with E-state index in [0.29, 0.717) is 5.65 Å². The van der Waals surface area contributed by atoms with Gasteiger partial charge in [0.05, 0.1) is 16.6 Å². The Morgan fingerprint density at radius 2 is 1.54 bits per heavy atom. The molecule has 26 heavy (non-hydrogen) atoms. The quantitative estimate of drug-likeness (QED) is 0.487. The average molecular weight is 355 g/mol. The van der Waals surface area contributed by atoms with Gasteiger partial charge >= 0.3 is 5.69 Å². The normalized spacial score (nSPS) is 9.42. The minimum atomic E-state index is -0.833. The van der Waals surface area contributed by atoms with Gasteiger partial charge in [0.1, 0.15) is 0 Å². The van der Waals surface area contributed by atoms with Crippen LogP contribution in [-0.2, 0) is 4.79 Å². The Kier molecular flexibility index (Phi) is 8.02. The van der Waals surface area contributed by atoms with E-state index in [1.807, 2.05) is 76.2 Å². The number of H-pyrrole nitrogens is 1. The summed E-state index contributed by atoms with van der Waals surface area (Å²) in [4.78, 5) is 28.6. The number of hydrogen-bond acceptors (Lipinski definition) is 3. The second-order valence-electron chi connectivity index (χ2n) is 4.75. The van der Waals surface area contributed by atoms with Crippen LogP contribution < -0.4 is 5.69 Å². The van der Waals surface area contributed by atoms with Crippen molar-refractivity contribution in [3.05, 3.63) is 59.0 Å². The lowest BCUT2D eigenvalue weighted by atomic mass is 10.2. The third kappa shape index (κ3) is 4.47. The van der Waals surface area contributed by atoms with Crippen LogP contribution >= 0.6 is 0 Å². The highest BCUT2D eigenvalue weighted by atomic mass is 16.4. The first-order valence-electron chi connectivity index (χ1n) is 8.65. The van der Waals surface area contributed by atoms with Gasteiger partial charge in [-0.2, -0.15) is 0 Å². The van der Waals surface area contributed by atoms with Gasteiger partial charge in [-0.25, -0.2) is 14.2 Å². The van der Waals surface area contributed by atoms with Crippen molar-refractivity contribution in [2.45, 2.75) is 34.6 Å². The van der Waals surface area contributed by atoms with Crippen molar-refractivity contribution in [2.24, 2.45) is 0 Å². The Balaban J connectivity index is 0.000000370. The van der Waals surface area contributed by atoms with Gasteiger partial charge in [0, 0.05) is 12.3 Å². The number of para-hydroxylation sites is 3. The van der Waals surface area contributed by atoms with Gasteiger partial charge in [0.15, 0.2) is 5.65 Å². The van der Waals surface area contributed by atoms with Crippen molar-refractivity contribution in [3.8, 4) is 0 Å². The fourth-order valence-electron chi connectivity index (χ4n) is 2.37. The Labute approximate surface area is 152 Å². The van der Waals surface area contributed by atoms with Gasteiger partial charge in [-0.05, 0) is 24.3 Å². The van der Waals surface area contributed by atoms with Crippen molar-refractivity contribution >= 4 is 33.6 Å². The molecule has 2 aromatic heterocycles. The lowest BCUT2D eigenvalue weighted by Gasteiger charge is -1.99. The molecule has 0 amide bonds. The number of imidazole rings is 1. The van der Waals surface area contributed by atoms with E-state index in [1.165, 1.54) is 0 Å². The predicted molar refractivity (Wildman–Crippen MR) is 107 cm³/mol. The maximum absolute atomic E-state index is 12.1. The molecule has 4 rings (SSSR count). The summed E-state index contributed by atoms with van der Waals surface area (Å²) in [5.41, 5.74) is 3.03. The number of carboxylic acid groups (broad SMARTS) is 1. The second kappa shape index (κ2) is 9.98. The SMILES string of the molecule is CC.CC.CC(=O)O.O=c1[nH]c2ccccc2c2nc3ccccc3n12. The number of aromatic nitrogens is 3. The number of fused-ring (bicyclic) bond motifs is 5. The molecule has 2 heterocycles. The van der Waals surface area contributed by atoms with Gasteiger partial charge in [-0.1, -0.05) is 52.0 Å². The molecule has 0 aliphatic rings. The first-order chi connectivity index (χ1) is 12.6. The fraction of sp³-hybridized carbons (Fsp3) is 0.250. The van der Waals surface area contributed by atoms with Crippen LogP contribution in [0, 0.1) is 0 Å². The van der Waals surface area contributed by atoms with Gasteiger partial charge in [-0.15, -0.1) is 0 Å². The Hall–Kier alpha value is -3.15. The molecule has 0 spiro atoms. The number of nitrogens with one attached hydrogen (secondary N) is 1. The molecule has 0 saturated heterocycles. The van der Waals surface area contributed by atoms with Crippen molar-refractivity contribution in [1.82, 2.24) is 14.4 Å². The van der Waals surface area contributed by atoms with Crippen LogP contribution in [0.1, 0.15) is 34.6 Å². The van der Waals surface area contributed by atoms with E-state index in [2.05, 4.69) is 9.97 Å². The van der Waals surface area contributed by atoms with Crippen LogP contribution in [0.25, 0.3) is 27.6 Å². The minimum absolute atomic E-state index is 0.155. The van der Waals surface area contributed by atoms with Crippen LogP contribution in [0.15, 0.2) is 53.3 Å². The van der Waals surface area contributed by atoms with Gasteiger partial charge < -0.3 is 10.1 Å². The van der Waals surface area contributed by atoms with E-state index >= 15 is 0 Å². The van der Waals surface area contributed by atoms with Gasteiger partial charge in [0.2, 0.25) is 0 Å². The van der Waals surface area contributed by atoms with Crippen LogP contribution in [0.5, 0.6) is 0 Å². The first-order valence-corrected chi connectivity index (χ1v) is 8.65. The largest absolute Gasteiger partial charge is 0.481 e. The van der Waals surface area contributed by atoms with Crippen LogP contribution in [-0.4, -0.2) is 25.4 Å². The summed E-state index contributed by atoms with van der Waals surface area (Å²) in [6, 6.07) is 15.3. The number of nitrogens with zero attached hydrogens (tertiary/aromatic N) is 2. The number of aliphatic carboxylic acids is 1. The zero-order valence-corrected chi connectivity index (χ0v) is 15.8. The zero-order chi connectivity index (χ0) is 19.7. The average Bonchev–Trinajstić information content (AvgIpc) is 3.05. The lowest BCUT2D eigenvalue weighted by Crippen LogP contribution is -2.15. The van der Waals surface area contributed by atoms with Crippen molar-refractivity contribution in [2.75, 3.05) is 0 Å². The Bertz CT molecular complexity index is 1040. The summed E-state index contributed by atoms with van der Waals surface area (Å²) in [7, 11) is 0. The number of aromatic amines is 1. The molecule has 0 bridgehead atoms. The minimum Gasteiger partial charge on any atom is -0.481 e. The molecule has 0 radical (unpaired) electrons. The Morgan fingerprint density at radius 3 is 2.19 bits per heavy atom. The van der Waals surface area contributed by atoms with Gasteiger partial charge in [-0.3, -0.25) is 4.79 Å². The fourth-order valence-corrected chi connectivity index (χ4v) is 2.37. The van der Waals surface area contributed by atoms with Crippen LogP contribution in [0.3, 0.4) is 0 Å². The molecule has 4 aromatic rings. The molecule has 2 N–H and O–H groups in total. The highest BCUT2D eigenvalue weighted by Gasteiger charge is 2.09. The molecule has 0 saturated carbocycles. The van der Waals surface area contributed by atoms with Crippen molar-refractivity contribution in [1.29, 1.82) is 0 Å². The van der Waals surface area contributed by atoms with Crippen molar-refractivity contribution < 1.29 is 9.90 Å². The van der Waals surface area contributed by atoms with E-state index < -0.39 is 5.97 Å². The molecule has 6 heteroatoms. The smallest absolute Gasteiger partial charge is 0.332 e. The number of rotatable bonds is 0. The topological polar surface area (TPSA) is 87.5 Å². The second-order valence-corrected chi connectivity index (χ2v) is 4.75. The van der Waals surface area contributed by atoms with Crippen molar-refractivity contribution in [3.63, 3.8) is 0 Å². The number of carbonyl (C=O) groups is 1. The van der Waals surface area contributed by atoms with Crippen LogP contribution in [0.4, 0.5) is 0 Å². The molecule has 2 aromatic carbocycles. The summed E-state index contributed by atoms with van der Waals surface area (Å²) >= 11 is 0. The number of benzene rings is 2. The standard InChI is InChI=1S/C14H9N3O.C2H4O2.2C2H6/c18-14-16-10-6-2-1-5-9(10)13-15-11-7-3-4-8-12(11)17(13)14;1-2(3)4;2*1-2/h1-8H,(H,16,18);1H3,(H,3,4);2*1-2H3. The maximum Gasteiger partial charge on any atom is 0.332 e. The zero-order valence-electron chi connectivity index (χ0n) is 15.8. The van der Waals surface area contributed by atoms with E-state index in [4.69, 9.17) is 9.90 Å². The molecule has 0 fully saturated rings. The highest BCUT2D eigenvalue weighted by Crippen LogP contribution is 2.20. The maximum atomic E-state index is 12.1. The molecule has 6 nitrogen and oxygen atoms in total. The summed E-state index contributed by atoms with van der Waals surface area (Å²) < 4.78 is 1.62. The van der Waals surface area contributed by atoms with E-state index in [-0.39, 0.29) is 5.69 Å². The molecule has 138 valence electrons. The Morgan fingerprint density at radius 1 is 1.00 bits per heavy atom. The monoisotopic (exact) mass is 355 g/mol. The third-order valence-corrected chi connectivity index (χ3v) is 3.17. The summed E-state index contributed by atoms with van der Waals surface area (Å²) in [5, 5.41) is 8.37. The highest BCUT2D eigenvalue weighted by molar-refractivity contribution is 5.95. The van der Waals surface area contributed by atoms with E-state index in [0.717, 1.165) is 28.9 Å². The van der Waals surface area contributed by atoms with Crippen LogP contribution in [0.2, 0.25) is 0 Å². The van der Waals surface area contributed by atoms with E-state index in [1.54, 1.807) is 4.40 Å². The molecule has 0 unspecified atom stereocenters. The number of hydrogen-bond donors (Lipinski definition) is 2.